The quantitative estimate of drug-likeness (QED) is 0.711. The maximum absolute atomic E-state index is 12.3. The highest BCUT2D eigenvalue weighted by Gasteiger charge is 2.22. The normalized spacial score (nSPS) is 15.4. The van der Waals surface area contributed by atoms with Gasteiger partial charge in [-0.05, 0) is 31.0 Å². The molecule has 1 saturated heterocycles. The van der Waals surface area contributed by atoms with E-state index in [0.29, 0.717) is 11.5 Å². The number of benzene rings is 1. The molecule has 3 heterocycles. The summed E-state index contributed by atoms with van der Waals surface area (Å²) in [6, 6.07) is 12.9. The molecule has 7 nitrogen and oxygen atoms in total. The zero-order valence-electron chi connectivity index (χ0n) is 15.4. The van der Waals surface area contributed by atoms with Crippen LogP contribution in [0.1, 0.15) is 28.9 Å². The number of hydrogen-bond donors (Lipinski definition) is 2. The Morgan fingerprint density at radius 3 is 2.68 bits per heavy atom. The second-order valence-corrected chi connectivity index (χ2v) is 6.98. The number of piperidine rings is 1. The number of oxazole rings is 1. The highest BCUT2D eigenvalue weighted by molar-refractivity contribution is 5.94. The molecule has 28 heavy (non-hydrogen) atoms. The Morgan fingerprint density at radius 1 is 1.18 bits per heavy atom. The lowest BCUT2D eigenvalue weighted by Gasteiger charge is -2.31. The molecule has 4 rings (SSSR count). The number of pyridine rings is 1. The molecule has 1 aromatic carbocycles. The molecule has 0 saturated carbocycles. The zero-order chi connectivity index (χ0) is 19.3. The molecule has 2 N–H and O–H groups in total. The third-order valence-corrected chi connectivity index (χ3v) is 4.93. The molecule has 0 spiro atoms. The lowest BCUT2D eigenvalue weighted by molar-refractivity contribution is 0.0908. The van der Waals surface area contributed by atoms with E-state index in [4.69, 9.17) is 4.42 Å². The lowest BCUT2D eigenvalue weighted by Crippen LogP contribution is -2.44. The molecular weight excluding hydrogens is 356 g/mol. The zero-order valence-corrected chi connectivity index (χ0v) is 15.4. The van der Waals surface area contributed by atoms with Crippen molar-refractivity contribution in [3.8, 4) is 11.5 Å². The molecule has 0 atom stereocenters. The van der Waals surface area contributed by atoms with E-state index in [2.05, 4.69) is 20.2 Å². The SMILES string of the molecule is O=C(NC1CCN(Cc2coc(-c3ccccc3)n2)CC1)c1ccc(=O)[nH]c1. The number of H-pyrrole nitrogens is 1. The van der Waals surface area contributed by atoms with Gasteiger partial charge >= 0.3 is 0 Å². The first-order valence-electron chi connectivity index (χ1n) is 9.39. The van der Waals surface area contributed by atoms with Gasteiger partial charge in [0.25, 0.3) is 5.91 Å². The Hall–Kier alpha value is -3.19. The molecule has 144 valence electrons. The molecule has 0 aliphatic carbocycles. The molecule has 1 aliphatic rings. The van der Waals surface area contributed by atoms with E-state index in [1.807, 2.05) is 30.3 Å². The first-order chi connectivity index (χ1) is 13.7. The van der Waals surface area contributed by atoms with E-state index >= 15 is 0 Å². The predicted molar refractivity (Wildman–Crippen MR) is 105 cm³/mol. The summed E-state index contributed by atoms with van der Waals surface area (Å²) in [6.07, 6.45) is 4.91. The summed E-state index contributed by atoms with van der Waals surface area (Å²) in [4.78, 5) is 32.8. The van der Waals surface area contributed by atoms with Gasteiger partial charge in [0.15, 0.2) is 0 Å². The molecule has 3 aromatic rings. The van der Waals surface area contributed by atoms with Crippen LogP contribution in [0.25, 0.3) is 11.5 Å². The summed E-state index contributed by atoms with van der Waals surface area (Å²) in [5.74, 6) is 0.484. The molecular formula is C21H22N4O3. The van der Waals surface area contributed by atoms with Gasteiger partial charge in [0, 0.05) is 43.5 Å². The lowest BCUT2D eigenvalue weighted by atomic mass is 10.0. The number of hydrogen-bond acceptors (Lipinski definition) is 5. The number of carbonyl (C=O) groups excluding carboxylic acids is 1. The van der Waals surface area contributed by atoms with Crippen LogP contribution in [0.4, 0.5) is 0 Å². The first kappa shape index (κ1) is 18.2. The maximum Gasteiger partial charge on any atom is 0.252 e. The second kappa shape index (κ2) is 8.22. The average molecular weight is 378 g/mol. The van der Waals surface area contributed by atoms with Crippen molar-refractivity contribution in [3.05, 3.63) is 76.5 Å². The van der Waals surface area contributed by atoms with Gasteiger partial charge in [-0.25, -0.2) is 4.98 Å². The van der Waals surface area contributed by atoms with Crippen molar-refractivity contribution in [1.82, 2.24) is 20.2 Å². The van der Waals surface area contributed by atoms with E-state index in [0.717, 1.165) is 43.7 Å². The van der Waals surface area contributed by atoms with Crippen LogP contribution in [0, 0.1) is 0 Å². The van der Waals surface area contributed by atoms with Crippen LogP contribution in [0.5, 0.6) is 0 Å². The molecule has 0 bridgehead atoms. The number of aromatic amines is 1. The third kappa shape index (κ3) is 4.37. The largest absolute Gasteiger partial charge is 0.444 e. The maximum atomic E-state index is 12.3. The molecule has 0 unspecified atom stereocenters. The number of likely N-dealkylation sites (tertiary alicyclic amines) is 1. The fraction of sp³-hybridized carbons (Fsp3) is 0.286. The van der Waals surface area contributed by atoms with Crippen LogP contribution in [0.2, 0.25) is 0 Å². The molecule has 1 amide bonds. The van der Waals surface area contributed by atoms with Crippen molar-refractivity contribution in [2.45, 2.75) is 25.4 Å². The van der Waals surface area contributed by atoms with Crippen molar-refractivity contribution in [3.63, 3.8) is 0 Å². The van der Waals surface area contributed by atoms with Gasteiger partial charge in [-0.2, -0.15) is 0 Å². The number of amides is 1. The summed E-state index contributed by atoms with van der Waals surface area (Å²) in [5.41, 5.74) is 2.14. The van der Waals surface area contributed by atoms with Crippen molar-refractivity contribution >= 4 is 5.91 Å². The van der Waals surface area contributed by atoms with Crippen LogP contribution in [0.15, 0.2) is 64.1 Å². The number of rotatable bonds is 5. The van der Waals surface area contributed by atoms with Gasteiger partial charge in [0.2, 0.25) is 11.4 Å². The van der Waals surface area contributed by atoms with Crippen molar-refractivity contribution in [2.24, 2.45) is 0 Å². The highest BCUT2D eigenvalue weighted by atomic mass is 16.3. The van der Waals surface area contributed by atoms with Crippen molar-refractivity contribution in [1.29, 1.82) is 0 Å². The van der Waals surface area contributed by atoms with Crippen molar-refractivity contribution < 1.29 is 9.21 Å². The van der Waals surface area contributed by atoms with Crippen LogP contribution in [-0.2, 0) is 6.54 Å². The van der Waals surface area contributed by atoms with E-state index in [1.54, 1.807) is 6.26 Å². The van der Waals surface area contributed by atoms with Crippen LogP contribution in [0.3, 0.4) is 0 Å². The van der Waals surface area contributed by atoms with Gasteiger partial charge in [-0.1, -0.05) is 18.2 Å². The van der Waals surface area contributed by atoms with E-state index in [9.17, 15) is 9.59 Å². The predicted octanol–water partition coefficient (Wildman–Crippen LogP) is 2.42. The molecule has 1 aliphatic heterocycles. The third-order valence-electron chi connectivity index (χ3n) is 4.93. The molecule has 7 heteroatoms. The Bertz CT molecular complexity index is 968. The molecule has 0 radical (unpaired) electrons. The minimum atomic E-state index is -0.215. The van der Waals surface area contributed by atoms with Crippen LogP contribution >= 0.6 is 0 Å². The standard InChI is InChI=1S/C21H22N4O3/c26-19-7-6-16(12-22-19)20(27)23-17-8-10-25(11-9-17)13-18-14-28-21(24-18)15-4-2-1-3-5-15/h1-7,12,14,17H,8-11,13H2,(H,22,26)(H,23,27). The van der Waals surface area contributed by atoms with Gasteiger partial charge in [0.05, 0.1) is 11.3 Å². The Kier molecular flexibility index (Phi) is 5.34. The topological polar surface area (TPSA) is 91.2 Å². The van der Waals surface area contributed by atoms with Crippen LogP contribution < -0.4 is 10.9 Å². The first-order valence-corrected chi connectivity index (χ1v) is 9.39. The van der Waals surface area contributed by atoms with E-state index in [1.165, 1.54) is 18.3 Å². The van der Waals surface area contributed by atoms with Gasteiger partial charge in [0.1, 0.15) is 6.26 Å². The van der Waals surface area contributed by atoms with E-state index < -0.39 is 0 Å². The average Bonchev–Trinajstić information content (AvgIpc) is 3.19. The number of aromatic nitrogens is 2. The second-order valence-electron chi connectivity index (χ2n) is 6.98. The Labute approximate surface area is 162 Å². The summed E-state index contributed by atoms with van der Waals surface area (Å²) >= 11 is 0. The number of nitrogens with one attached hydrogen (secondary N) is 2. The molecule has 2 aromatic heterocycles. The van der Waals surface area contributed by atoms with Gasteiger partial charge in [-0.3, -0.25) is 14.5 Å². The minimum Gasteiger partial charge on any atom is -0.444 e. The summed E-state index contributed by atoms with van der Waals surface area (Å²) in [7, 11) is 0. The van der Waals surface area contributed by atoms with Gasteiger partial charge < -0.3 is 14.7 Å². The summed E-state index contributed by atoms with van der Waals surface area (Å²) in [5, 5.41) is 3.04. The minimum absolute atomic E-state index is 0.132. The fourth-order valence-corrected chi connectivity index (χ4v) is 3.38. The van der Waals surface area contributed by atoms with E-state index in [-0.39, 0.29) is 17.5 Å². The Morgan fingerprint density at radius 2 is 1.96 bits per heavy atom. The monoisotopic (exact) mass is 378 g/mol. The fourth-order valence-electron chi connectivity index (χ4n) is 3.38. The number of carbonyl (C=O) groups is 1. The van der Waals surface area contributed by atoms with Crippen molar-refractivity contribution in [2.75, 3.05) is 13.1 Å². The molecule has 1 fully saturated rings. The van der Waals surface area contributed by atoms with Gasteiger partial charge in [-0.15, -0.1) is 0 Å². The highest BCUT2D eigenvalue weighted by Crippen LogP contribution is 2.20. The Balaban J connectivity index is 1.27. The smallest absolute Gasteiger partial charge is 0.252 e. The number of nitrogens with zero attached hydrogens (tertiary/aromatic N) is 2. The van der Waals surface area contributed by atoms with Crippen LogP contribution in [-0.4, -0.2) is 39.9 Å². The summed E-state index contributed by atoms with van der Waals surface area (Å²) < 4.78 is 5.60. The summed E-state index contributed by atoms with van der Waals surface area (Å²) in [6.45, 7) is 2.49.